The van der Waals surface area contributed by atoms with Gasteiger partial charge in [-0.2, -0.15) is 0 Å². The van der Waals surface area contributed by atoms with Crippen molar-refractivity contribution >= 4 is 30.3 Å². The minimum absolute atomic E-state index is 0.445. The quantitative estimate of drug-likeness (QED) is 0.596. The van der Waals surface area contributed by atoms with E-state index < -0.39 is 7.69 Å². The van der Waals surface area contributed by atoms with E-state index in [0.717, 1.165) is 17.8 Å². The molecule has 0 fully saturated rings. The number of aromatic nitrogens is 1. The number of nitrogens with zero attached hydrogens (tertiary/aromatic N) is 1. The molecule has 0 radical (unpaired) electrons. The van der Waals surface area contributed by atoms with Gasteiger partial charge in [-0.1, -0.05) is 12.1 Å². The van der Waals surface area contributed by atoms with Gasteiger partial charge in [0, 0.05) is 21.4 Å². The fourth-order valence-electron chi connectivity index (χ4n) is 2.10. The van der Waals surface area contributed by atoms with Crippen LogP contribution in [0.2, 0.25) is 0 Å². The van der Waals surface area contributed by atoms with Gasteiger partial charge in [-0.15, -0.1) is 0 Å². The van der Waals surface area contributed by atoms with Crippen LogP contribution in [0.3, 0.4) is 0 Å². The van der Waals surface area contributed by atoms with Crippen LogP contribution in [-0.2, 0) is 6.42 Å². The minimum atomic E-state index is -0.445. The predicted molar refractivity (Wildman–Crippen MR) is 79.5 cm³/mol. The van der Waals surface area contributed by atoms with E-state index in [1.54, 1.807) is 4.48 Å². The van der Waals surface area contributed by atoms with Crippen molar-refractivity contribution in [1.29, 1.82) is 0 Å². The van der Waals surface area contributed by atoms with Crippen LogP contribution in [-0.4, -0.2) is 12.2 Å². The molecule has 0 amide bonds. The van der Waals surface area contributed by atoms with E-state index in [9.17, 15) is 4.32 Å². The molecule has 0 aliphatic rings. The van der Waals surface area contributed by atoms with Crippen LogP contribution in [0.4, 0.5) is 4.32 Å². The van der Waals surface area contributed by atoms with E-state index in [0.29, 0.717) is 0 Å². The van der Waals surface area contributed by atoms with Crippen molar-refractivity contribution in [3.05, 3.63) is 56.4 Å². The molecular weight excluding hydrogens is 327 g/mol. The molecule has 0 N–H and O–H groups in total. The molecule has 4 heteroatoms. The average molecular weight is 341 g/mol. The van der Waals surface area contributed by atoms with Crippen LogP contribution in [0.25, 0.3) is 0 Å². The zero-order chi connectivity index (χ0) is 12.4. The fraction of sp³-hybridized carbons (Fsp3) is 0.231. The van der Waals surface area contributed by atoms with Crippen LogP contribution < -0.4 is 0 Å². The fourth-order valence-corrected chi connectivity index (χ4v) is 2.46. The number of aryl methyl sites for hydroxylation is 2. The van der Waals surface area contributed by atoms with Gasteiger partial charge in [0.15, 0.2) is 0 Å². The number of hydrogen-bond acceptors (Lipinski definition) is 0. The molecule has 88 valence electrons. The summed E-state index contributed by atoms with van der Waals surface area (Å²) in [7, 11) is -0.445. The SMILES string of the molecule is Cc1cc(C)n(BF)c1Cc1ccc(I)cc1. The molecule has 0 aliphatic heterocycles. The van der Waals surface area contributed by atoms with Gasteiger partial charge in [-0.3, -0.25) is 0 Å². The van der Waals surface area contributed by atoms with Gasteiger partial charge in [0.2, 0.25) is 0 Å². The lowest BCUT2D eigenvalue weighted by atomic mass is 10.1. The molecule has 2 rings (SSSR count). The van der Waals surface area contributed by atoms with Crippen molar-refractivity contribution in [3.63, 3.8) is 0 Å². The molecule has 0 saturated heterocycles. The summed E-state index contributed by atoms with van der Waals surface area (Å²) in [6.07, 6.45) is 0.792. The van der Waals surface area contributed by atoms with Crippen molar-refractivity contribution in [1.82, 2.24) is 4.48 Å². The molecule has 17 heavy (non-hydrogen) atoms. The maximum absolute atomic E-state index is 13.0. The van der Waals surface area contributed by atoms with Gasteiger partial charge in [0.25, 0.3) is 0 Å². The Morgan fingerprint density at radius 3 is 2.47 bits per heavy atom. The average Bonchev–Trinajstić information content (AvgIpc) is 2.57. The highest BCUT2D eigenvalue weighted by Gasteiger charge is 2.10. The van der Waals surface area contributed by atoms with Crippen molar-refractivity contribution in [2.45, 2.75) is 20.3 Å². The zero-order valence-electron chi connectivity index (χ0n) is 10.0. The topological polar surface area (TPSA) is 4.93 Å². The van der Waals surface area contributed by atoms with Crippen molar-refractivity contribution in [3.8, 4) is 0 Å². The van der Waals surface area contributed by atoms with Gasteiger partial charge < -0.3 is 8.79 Å². The Morgan fingerprint density at radius 2 is 1.88 bits per heavy atom. The second-order valence-electron chi connectivity index (χ2n) is 4.27. The second-order valence-corrected chi connectivity index (χ2v) is 5.51. The summed E-state index contributed by atoms with van der Waals surface area (Å²) in [5.41, 5.74) is 4.46. The summed E-state index contributed by atoms with van der Waals surface area (Å²) in [4.78, 5) is 0. The monoisotopic (exact) mass is 341 g/mol. The Bertz CT molecular complexity index is 519. The summed E-state index contributed by atoms with van der Waals surface area (Å²) < 4.78 is 16.0. The Balaban J connectivity index is 2.32. The summed E-state index contributed by atoms with van der Waals surface area (Å²) in [6, 6.07) is 10.4. The number of rotatable bonds is 3. The molecule has 0 unspecified atom stereocenters. The first kappa shape index (κ1) is 12.7. The first-order chi connectivity index (χ1) is 8.11. The Morgan fingerprint density at radius 1 is 1.24 bits per heavy atom. The highest BCUT2D eigenvalue weighted by molar-refractivity contribution is 14.1. The summed E-state index contributed by atoms with van der Waals surface area (Å²) in [6.45, 7) is 3.99. The lowest BCUT2D eigenvalue weighted by Crippen LogP contribution is -2.08. The Kier molecular flexibility index (Phi) is 3.91. The van der Waals surface area contributed by atoms with Gasteiger partial charge in [-0.25, -0.2) is 0 Å². The number of hydrogen-bond donors (Lipinski definition) is 0. The first-order valence-corrected chi connectivity index (χ1v) is 6.65. The van der Waals surface area contributed by atoms with E-state index in [-0.39, 0.29) is 0 Å². The Labute approximate surface area is 115 Å². The molecule has 1 aromatic carbocycles. The maximum Gasteiger partial charge on any atom is 0.448 e. The predicted octanol–water partition coefficient (Wildman–Crippen LogP) is 3.38. The third kappa shape index (κ3) is 2.73. The molecule has 1 heterocycles. The molecular formula is C13H14BFIN. The number of benzene rings is 1. The van der Waals surface area contributed by atoms with Gasteiger partial charge in [0.05, 0.1) is 0 Å². The molecule has 0 spiro atoms. The highest BCUT2D eigenvalue weighted by atomic mass is 127. The molecule has 0 atom stereocenters. The second kappa shape index (κ2) is 5.25. The summed E-state index contributed by atoms with van der Waals surface area (Å²) in [5, 5.41) is 0. The molecule has 0 bridgehead atoms. The third-order valence-corrected chi connectivity index (χ3v) is 3.76. The minimum Gasteiger partial charge on any atom is -0.366 e. The normalized spacial score (nSPS) is 10.6. The van der Waals surface area contributed by atoms with Crippen LogP contribution in [0.5, 0.6) is 0 Å². The van der Waals surface area contributed by atoms with E-state index in [1.165, 1.54) is 14.7 Å². The molecule has 0 saturated carbocycles. The van der Waals surface area contributed by atoms with E-state index >= 15 is 0 Å². The van der Waals surface area contributed by atoms with E-state index in [1.807, 2.05) is 19.9 Å². The van der Waals surface area contributed by atoms with Gasteiger partial charge in [0.1, 0.15) is 0 Å². The van der Waals surface area contributed by atoms with Crippen LogP contribution in [0.15, 0.2) is 30.3 Å². The molecule has 1 aromatic heterocycles. The zero-order valence-corrected chi connectivity index (χ0v) is 12.2. The highest BCUT2D eigenvalue weighted by Crippen LogP contribution is 2.18. The van der Waals surface area contributed by atoms with Crippen LogP contribution in [0.1, 0.15) is 22.5 Å². The van der Waals surface area contributed by atoms with Gasteiger partial charge >= 0.3 is 7.69 Å². The summed E-state index contributed by atoms with van der Waals surface area (Å²) in [5.74, 6) is 0. The molecule has 2 aromatic rings. The standard InChI is InChI=1S/C13H14BFIN/c1-9-7-10(2)17(14-15)13(9)8-11-3-5-12(16)6-4-11/h3-7,14H,8H2,1-2H3. The van der Waals surface area contributed by atoms with Crippen molar-refractivity contribution in [2.24, 2.45) is 0 Å². The lowest BCUT2D eigenvalue weighted by molar-refractivity contribution is 0.811. The first-order valence-electron chi connectivity index (χ1n) is 5.58. The number of halogens is 2. The smallest absolute Gasteiger partial charge is 0.366 e. The van der Waals surface area contributed by atoms with E-state index in [4.69, 9.17) is 0 Å². The van der Waals surface area contributed by atoms with E-state index in [2.05, 4.69) is 46.9 Å². The van der Waals surface area contributed by atoms with Crippen LogP contribution >= 0.6 is 22.6 Å². The Hall–Kier alpha value is -0.775. The van der Waals surface area contributed by atoms with Crippen molar-refractivity contribution < 1.29 is 4.32 Å². The largest absolute Gasteiger partial charge is 0.448 e. The maximum atomic E-state index is 13.0. The molecule has 0 aliphatic carbocycles. The van der Waals surface area contributed by atoms with Crippen LogP contribution in [0, 0.1) is 17.4 Å². The third-order valence-electron chi connectivity index (χ3n) is 3.04. The molecule has 1 nitrogen and oxygen atoms in total. The lowest BCUT2D eigenvalue weighted by Gasteiger charge is -2.08. The van der Waals surface area contributed by atoms with Gasteiger partial charge in [-0.05, 0) is 65.8 Å². The summed E-state index contributed by atoms with van der Waals surface area (Å²) >= 11 is 2.29. The van der Waals surface area contributed by atoms with Crippen molar-refractivity contribution in [2.75, 3.05) is 0 Å².